The summed E-state index contributed by atoms with van der Waals surface area (Å²) >= 11 is 0. The normalized spacial score (nSPS) is 12.0. The fourth-order valence-corrected chi connectivity index (χ4v) is 2.55. The average Bonchev–Trinajstić information content (AvgIpc) is 2.91. The average molecular weight is 287 g/mol. The molecule has 1 aromatic heterocycles. The molecule has 0 unspecified atom stereocenters. The Morgan fingerprint density at radius 2 is 1.71 bits per heavy atom. The summed E-state index contributed by atoms with van der Waals surface area (Å²) in [7, 11) is 0. The van der Waals surface area contributed by atoms with E-state index in [4.69, 9.17) is 0 Å². The van der Waals surface area contributed by atoms with Crippen LogP contribution in [0.1, 0.15) is 11.1 Å². The summed E-state index contributed by atoms with van der Waals surface area (Å²) in [6, 6.07) is 14.9. The van der Waals surface area contributed by atoms with Gasteiger partial charge in [-0.25, -0.2) is 0 Å². The third-order valence-corrected chi connectivity index (χ3v) is 3.64. The van der Waals surface area contributed by atoms with E-state index in [1.54, 1.807) is 48.7 Å². The summed E-state index contributed by atoms with van der Waals surface area (Å²) < 4.78 is 30.2. The van der Waals surface area contributed by atoms with Crippen LogP contribution >= 0.6 is 0 Å². The predicted octanol–water partition coefficient (Wildman–Crippen LogP) is 3.93. The number of rotatable bonds is 4. The van der Waals surface area contributed by atoms with Crippen molar-refractivity contribution in [2.75, 3.05) is 0 Å². The van der Waals surface area contributed by atoms with Crippen molar-refractivity contribution in [1.82, 2.24) is 4.57 Å². The van der Waals surface area contributed by atoms with Gasteiger partial charge in [0.25, 0.3) is 5.92 Å². The van der Waals surface area contributed by atoms with Crippen LogP contribution in [0.2, 0.25) is 0 Å². The first-order valence-electron chi connectivity index (χ1n) is 6.73. The van der Waals surface area contributed by atoms with Gasteiger partial charge in [-0.05, 0) is 17.7 Å². The lowest BCUT2D eigenvalue weighted by Gasteiger charge is -2.18. The third kappa shape index (κ3) is 2.54. The lowest BCUT2D eigenvalue weighted by atomic mass is 10.1. The van der Waals surface area contributed by atoms with Crippen molar-refractivity contribution in [1.29, 1.82) is 0 Å². The SMILES string of the molecule is OCc1cccc2c1ccn2CC(F)(F)c1ccccc1. The number of fused-ring (bicyclic) bond motifs is 1. The fourth-order valence-electron chi connectivity index (χ4n) is 2.55. The van der Waals surface area contributed by atoms with Crippen LogP contribution in [0.5, 0.6) is 0 Å². The number of aliphatic hydroxyl groups is 1. The molecule has 3 rings (SSSR count). The molecule has 0 aliphatic rings. The Morgan fingerprint density at radius 1 is 0.952 bits per heavy atom. The highest BCUT2D eigenvalue weighted by Crippen LogP contribution is 2.31. The van der Waals surface area contributed by atoms with Gasteiger partial charge in [0.05, 0.1) is 13.2 Å². The summed E-state index contributed by atoms with van der Waals surface area (Å²) in [6.07, 6.45) is 1.64. The van der Waals surface area contributed by atoms with Crippen LogP contribution in [0.15, 0.2) is 60.8 Å². The van der Waals surface area contributed by atoms with Crippen LogP contribution in [0.3, 0.4) is 0 Å². The first-order valence-corrected chi connectivity index (χ1v) is 6.73. The second-order valence-electron chi connectivity index (χ2n) is 5.02. The monoisotopic (exact) mass is 287 g/mol. The highest BCUT2D eigenvalue weighted by molar-refractivity contribution is 5.83. The highest BCUT2D eigenvalue weighted by atomic mass is 19.3. The molecule has 0 aliphatic heterocycles. The van der Waals surface area contributed by atoms with E-state index < -0.39 is 12.5 Å². The second-order valence-corrected chi connectivity index (χ2v) is 5.02. The lowest BCUT2D eigenvalue weighted by Crippen LogP contribution is -2.20. The molecule has 2 aromatic carbocycles. The number of nitrogens with zero attached hydrogens (tertiary/aromatic N) is 1. The van der Waals surface area contributed by atoms with Crippen LogP contribution in [0.4, 0.5) is 8.78 Å². The quantitative estimate of drug-likeness (QED) is 0.773. The molecule has 21 heavy (non-hydrogen) atoms. The number of hydrogen-bond donors (Lipinski definition) is 1. The molecule has 2 nitrogen and oxygen atoms in total. The molecule has 0 atom stereocenters. The van der Waals surface area contributed by atoms with Crippen molar-refractivity contribution < 1.29 is 13.9 Å². The van der Waals surface area contributed by atoms with Crippen LogP contribution in [-0.4, -0.2) is 9.67 Å². The summed E-state index contributed by atoms with van der Waals surface area (Å²) in [4.78, 5) is 0. The van der Waals surface area contributed by atoms with Crippen LogP contribution < -0.4 is 0 Å². The van der Waals surface area contributed by atoms with Gasteiger partial charge < -0.3 is 9.67 Å². The number of aromatic nitrogens is 1. The zero-order valence-corrected chi connectivity index (χ0v) is 11.3. The molecule has 0 bridgehead atoms. The van der Waals surface area contributed by atoms with Gasteiger partial charge in [0, 0.05) is 22.7 Å². The molecule has 0 aliphatic carbocycles. The minimum atomic E-state index is -2.94. The first-order chi connectivity index (χ1) is 10.1. The number of aliphatic hydroxyl groups excluding tert-OH is 1. The molecular weight excluding hydrogens is 272 g/mol. The summed E-state index contributed by atoms with van der Waals surface area (Å²) in [5.41, 5.74) is 1.46. The Morgan fingerprint density at radius 3 is 2.43 bits per heavy atom. The van der Waals surface area contributed by atoms with Crippen molar-refractivity contribution in [2.24, 2.45) is 0 Å². The van der Waals surface area contributed by atoms with Crippen LogP contribution in [-0.2, 0) is 19.1 Å². The van der Waals surface area contributed by atoms with E-state index >= 15 is 0 Å². The van der Waals surface area contributed by atoms with E-state index in [0.717, 1.165) is 10.9 Å². The Kier molecular flexibility index (Phi) is 3.47. The minimum absolute atomic E-state index is 0.00478. The van der Waals surface area contributed by atoms with Gasteiger partial charge in [0.1, 0.15) is 0 Å². The van der Waals surface area contributed by atoms with Crippen LogP contribution in [0.25, 0.3) is 10.9 Å². The number of halogens is 2. The maximum absolute atomic E-state index is 14.4. The molecule has 0 saturated heterocycles. The Bertz CT molecular complexity index is 750. The summed E-state index contributed by atoms with van der Waals surface area (Å²) in [6.45, 7) is -0.522. The van der Waals surface area contributed by atoms with Gasteiger partial charge in [-0.15, -0.1) is 0 Å². The highest BCUT2D eigenvalue weighted by Gasteiger charge is 2.32. The summed E-state index contributed by atoms with van der Waals surface area (Å²) in [5, 5.41) is 10.1. The maximum atomic E-state index is 14.4. The van der Waals surface area contributed by atoms with Gasteiger partial charge in [-0.1, -0.05) is 42.5 Å². The topological polar surface area (TPSA) is 25.2 Å². The predicted molar refractivity (Wildman–Crippen MR) is 78.2 cm³/mol. The van der Waals surface area contributed by atoms with Crippen molar-refractivity contribution >= 4 is 10.9 Å². The molecular formula is C17H15F2NO. The van der Waals surface area contributed by atoms with E-state index in [2.05, 4.69) is 0 Å². The van der Waals surface area contributed by atoms with E-state index in [9.17, 15) is 13.9 Å². The van der Waals surface area contributed by atoms with Crippen molar-refractivity contribution in [3.8, 4) is 0 Å². The molecule has 1 N–H and O–H groups in total. The molecule has 108 valence electrons. The zero-order chi connectivity index (χ0) is 14.9. The second kappa shape index (κ2) is 5.30. The molecule has 0 fully saturated rings. The largest absolute Gasteiger partial charge is 0.392 e. The van der Waals surface area contributed by atoms with Gasteiger partial charge in [0.15, 0.2) is 0 Å². The zero-order valence-electron chi connectivity index (χ0n) is 11.3. The number of benzene rings is 2. The van der Waals surface area contributed by atoms with E-state index in [1.807, 2.05) is 0 Å². The van der Waals surface area contributed by atoms with Crippen LogP contribution in [0, 0.1) is 0 Å². The molecule has 0 amide bonds. The Hall–Kier alpha value is -2.20. The van der Waals surface area contributed by atoms with Crippen molar-refractivity contribution in [3.63, 3.8) is 0 Å². The molecule has 3 aromatic rings. The van der Waals surface area contributed by atoms with Crippen molar-refractivity contribution in [3.05, 3.63) is 71.9 Å². The van der Waals surface area contributed by atoms with Crippen molar-refractivity contribution in [2.45, 2.75) is 19.1 Å². The van der Waals surface area contributed by atoms with E-state index in [0.29, 0.717) is 5.52 Å². The molecule has 4 heteroatoms. The Labute approximate surface area is 121 Å². The smallest absolute Gasteiger partial charge is 0.290 e. The fraction of sp³-hybridized carbons (Fsp3) is 0.176. The molecule has 0 saturated carbocycles. The standard InChI is InChI=1S/C17H15F2NO/c18-17(19,14-6-2-1-3-7-14)12-20-10-9-15-13(11-21)5-4-8-16(15)20/h1-10,21H,11-12H2. The van der Waals surface area contributed by atoms with E-state index in [1.165, 1.54) is 16.7 Å². The first kappa shape index (κ1) is 13.8. The van der Waals surface area contributed by atoms with E-state index in [-0.39, 0.29) is 12.2 Å². The lowest BCUT2D eigenvalue weighted by molar-refractivity contribution is -0.0211. The van der Waals surface area contributed by atoms with Gasteiger partial charge in [0.2, 0.25) is 0 Å². The molecule has 1 heterocycles. The summed E-state index contributed by atoms with van der Waals surface area (Å²) in [5.74, 6) is -2.94. The molecule has 0 radical (unpaired) electrons. The third-order valence-electron chi connectivity index (χ3n) is 3.64. The maximum Gasteiger partial charge on any atom is 0.290 e. The van der Waals surface area contributed by atoms with Gasteiger partial charge in [-0.3, -0.25) is 0 Å². The number of hydrogen-bond acceptors (Lipinski definition) is 1. The minimum Gasteiger partial charge on any atom is -0.392 e. The number of alkyl halides is 2. The Balaban J connectivity index is 1.99. The van der Waals surface area contributed by atoms with Gasteiger partial charge >= 0.3 is 0 Å². The molecule has 0 spiro atoms. The van der Waals surface area contributed by atoms with Gasteiger partial charge in [-0.2, -0.15) is 8.78 Å².